The molecule has 0 bridgehead atoms. The van der Waals surface area contributed by atoms with E-state index in [2.05, 4.69) is 9.36 Å². The van der Waals surface area contributed by atoms with E-state index in [4.69, 9.17) is 11.6 Å². The van der Waals surface area contributed by atoms with Gasteiger partial charge in [-0.25, -0.2) is 4.98 Å². The fourth-order valence-corrected chi connectivity index (χ4v) is 1.18. The summed E-state index contributed by atoms with van der Waals surface area (Å²) in [5.74, 6) is 0.799. The van der Waals surface area contributed by atoms with Gasteiger partial charge in [0, 0.05) is 6.42 Å². The zero-order chi connectivity index (χ0) is 7.40. The predicted octanol–water partition coefficient (Wildman–Crippen LogP) is 2.31. The van der Waals surface area contributed by atoms with Gasteiger partial charge in [0.2, 0.25) is 4.47 Å². The highest BCUT2D eigenvalue weighted by Crippen LogP contribution is 2.10. The van der Waals surface area contributed by atoms with Crippen molar-refractivity contribution in [1.82, 2.24) is 9.36 Å². The van der Waals surface area contributed by atoms with Crippen LogP contribution in [0.15, 0.2) is 12.2 Å². The predicted molar refractivity (Wildman–Crippen MR) is 43.4 cm³/mol. The van der Waals surface area contributed by atoms with Crippen LogP contribution in [0.5, 0.6) is 0 Å². The number of halogens is 1. The van der Waals surface area contributed by atoms with Gasteiger partial charge < -0.3 is 0 Å². The third-order valence-electron chi connectivity index (χ3n) is 0.979. The van der Waals surface area contributed by atoms with Gasteiger partial charge in [0.1, 0.15) is 5.82 Å². The lowest BCUT2D eigenvalue weighted by Gasteiger charge is -1.80. The van der Waals surface area contributed by atoms with Crippen molar-refractivity contribution in [2.24, 2.45) is 0 Å². The minimum Gasteiger partial charge on any atom is -0.208 e. The van der Waals surface area contributed by atoms with Crippen LogP contribution >= 0.6 is 23.1 Å². The number of aromatic nitrogens is 2. The highest BCUT2D eigenvalue weighted by Gasteiger charge is 1.96. The van der Waals surface area contributed by atoms with Gasteiger partial charge in [-0.1, -0.05) is 12.2 Å². The molecule has 1 rings (SSSR count). The maximum atomic E-state index is 5.56. The van der Waals surface area contributed by atoms with Gasteiger partial charge in [0.15, 0.2) is 0 Å². The van der Waals surface area contributed by atoms with E-state index >= 15 is 0 Å². The van der Waals surface area contributed by atoms with Crippen LogP contribution in [0.3, 0.4) is 0 Å². The molecule has 10 heavy (non-hydrogen) atoms. The Hall–Kier alpha value is -0.410. The Bertz CT molecular complexity index is 231. The van der Waals surface area contributed by atoms with Gasteiger partial charge in [0.25, 0.3) is 0 Å². The molecule has 1 heterocycles. The molecule has 0 saturated carbocycles. The first-order valence-electron chi connectivity index (χ1n) is 2.92. The Kier molecular flexibility index (Phi) is 2.83. The minimum atomic E-state index is 0.513. The molecule has 0 aromatic carbocycles. The summed E-state index contributed by atoms with van der Waals surface area (Å²) in [4.78, 5) is 3.97. The Balaban J connectivity index is 2.58. The van der Waals surface area contributed by atoms with Crippen molar-refractivity contribution < 1.29 is 0 Å². The molecule has 0 aliphatic carbocycles. The molecular formula is C6H7ClN2S. The smallest absolute Gasteiger partial charge is 0.203 e. The van der Waals surface area contributed by atoms with Gasteiger partial charge in [0.05, 0.1) is 0 Å². The van der Waals surface area contributed by atoms with Gasteiger partial charge in [-0.2, -0.15) is 4.37 Å². The maximum Gasteiger partial charge on any atom is 0.203 e. The number of hydrogen-bond donors (Lipinski definition) is 0. The molecule has 4 heteroatoms. The molecule has 0 amide bonds. The molecule has 2 nitrogen and oxygen atoms in total. The van der Waals surface area contributed by atoms with Crippen LogP contribution in [0.4, 0.5) is 0 Å². The second-order valence-corrected chi connectivity index (χ2v) is 3.07. The van der Waals surface area contributed by atoms with Gasteiger partial charge in [-0.05, 0) is 30.1 Å². The first-order valence-corrected chi connectivity index (χ1v) is 4.07. The number of rotatable bonds is 2. The van der Waals surface area contributed by atoms with Crippen molar-refractivity contribution in [3.63, 3.8) is 0 Å². The lowest BCUT2D eigenvalue weighted by molar-refractivity contribution is 1.07. The molecule has 0 radical (unpaired) electrons. The lowest BCUT2D eigenvalue weighted by Crippen LogP contribution is -1.81. The average Bonchev–Trinajstić information content (AvgIpc) is 2.31. The fraction of sp³-hybridized carbons (Fsp3) is 0.333. The van der Waals surface area contributed by atoms with Crippen LogP contribution in [0.25, 0.3) is 0 Å². The average molecular weight is 175 g/mol. The molecule has 1 aromatic heterocycles. The minimum absolute atomic E-state index is 0.513. The summed E-state index contributed by atoms with van der Waals surface area (Å²) in [5, 5.41) is 0. The number of nitrogens with zero attached hydrogens (tertiary/aromatic N) is 2. The van der Waals surface area contributed by atoms with E-state index in [9.17, 15) is 0 Å². The quantitative estimate of drug-likeness (QED) is 0.644. The largest absolute Gasteiger partial charge is 0.208 e. The van der Waals surface area contributed by atoms with E-state index in [0.717, 1.165) is 12.2 Å². The highest BCUT2D eigenvalue weighted by atomic mass is 35.5. The summed E-state index contributed by atoms with van der Waals surface area (Å²) in [7, 11) is 0. The maximum absolute atomic E-state index is 5.56. The summed E-state index contributed by atoms with van der Waals surface area (Å²) < 4.78 is 4.51. The van der Waals surface area contributed by atoms with Crippen molar-refractivity contribution in [3.05, 3.63) is 22.4 Å². The molecule has 0 atom stereocenters. The van der Waals surface area contributed by atoms with E-state index in [-0.39, 0.29) is 0 Å². The number of hydrogen-bond acceptors (Lipinski definition) is 3. The molecule has 1 aromatic rings. The van der Waals surface area contributed by atoms with E-state index in [1.54, 1.807) is 0 Å². The molecule has 0 aliphatic heterocycles. The van der Waals surface area contributed by atoms with Crippen LogP contribution in [0, 0.1) is 0 Å². The molecule has 0 fully saturated rings. The van der Waals surface area contributed by atoms with E-state index in [1.807, 2.05) is 19.1 Å². The van der Waals surface area contributed by atoms with Crippen molar-refractivity contribution in [3.8, 4) is 0 Å². The van der Waals surface area contributed by atoms with Gasteiger partial charge in [-0.3, -0.25) is 0 Å². The first-order chi connectivity index (χ1) is 4.83. The van der Waals surface area contributed by atoms with E-state index in [0.29, 0.717) is 4.47 Å². The van der Waals surface area contributed by atoms with Crippen LogP contribution in [0.2, 0.25) is 4.47 Å². The monoisotopic (exact) mass is 174 g/mol. The first kappa shape index (κ1) is 7.69. The zero-order valence-electron chi connectivity index (χ0n) is 5.54. The van der Waals surface area contributed by atoms with Crippen molar-refractivity contribution in [2.75, 3.05) is 0 Å². The molecule has 54 valence electrons. The normalized spacial score (nSPS) is 11.0. The van der Waals surface area contributed by atoms with Crippen LogP contribution < -0.4 is 0 Å². The fourth-order valence-electron chi connectivity index (χ4n) is 0.539. The third-order valence-corrected chi connectivity index (χ3v) is 1.81. The summed E-state index contributed by atoms with van der Waals surface area (Å²) >= 11 is 6.79. The summed E-state index contributed by atoms with van der Waals surface area (Å²) in [6.45, 7) is 1.97. The second kappa shape index (κ2) is 3.68. The highest BCUT2D eigenvalue weighted by molar-refractivity contribution is 7.10. The second-order valence-electron chi connectivity index (χ2n) is 1.74. The molecule has 0 saturated heterocycles. The molecule has 0 unspecified atom stereocenters. The van der Waals surface area contributed by atoms with Crippen molar-refractivity contribution in [2.45, 2.75) is 13.3 Å². The van der Waals surface area contributed by atoms with Crippen LogP contribution in [-0.2, 0) is 6.42 Å². The SMILES string of the molecule is CC=CCc1nsc(Cl)n1. The molecule has 0 spiro atoms. The zero-order valence-corrected chi connectivity index (χ0v) is 7.11. The van der Waals surface area contributed by atoms with E-state index < -0.39 is 0 Å². The third kappa shape index (κ3) is 2.08. The Morgan fingerprint density at radius 3 is 3.00 bits per heavy atom. The Morgan fingerprint density at radius 1 is 1.70 bits per heavy atom. The standard InChI is InChI=1S/C6H7ClN2S/c1-2-3-4-5-8-6(7)10-9-5/h2-3H,4H2,1H3. The van der Waals surface area contributed by atoms with E-state index in [1.165, 1.54) is 11.5 Å². The summed E-state index contributed by atoms with van der Waals surface area (Å²) in [6, 6.07) is 0. The van der Waals surface area contributed by atoms with Crippen molar-refractivity contribution >= 4 is 23.1 Å². The number of allylic oxidation sites excluding steroid dienone is 2. The topological polar surface area (TPSA) is 25.8 Å². The summed E-state index contributed by atoms with van der Waals surface area (Å²) in [5.41, 5.74) is 0. The molecule has 0 aliphatic rings. The van der Waals surface area contributed by atoms with Crippen LogP contribution in [0.1, 0.15) is 12.7 Å². The van der Waals surface area contributed by atoms with Gasteiger partial charge in [-0.15, -0.1) is 0 Å². The van der Waals surface area contributed by atoms with Crippen molar-refractivity contribution in [1.29, 1.82) is 0 Å². The summed E-state index contributed by atoms with van der Waals surface area (Å²) in [6.07, 6.45) is 4.74. The molecule has 0 N–H and O–H groups in total. The lowest BCUT2D eigenvalue weighted by atomic mass is 10.4. The Labute approximate surface area is 68.7 Å². The van der Waals surface area contributed by atoms with Crippen LogP contribution in [-0.4, -0.2) is 9.36 Å². The van der Waals surface area contributed by atoms with Gasteiger partial charge >= 0.3 is 0 Å². The molecular weight excluding hydrogens is 168 g/mol. The Morgan fingerprint density at radius 2 is 2.50 bits per heavy atom.